The largest absolute Gasteiger partial charge is 0.353 e. The highest BCUT2D eigenvalue weighted by molar-refractivity contribution is 5.42. The molecule has 0 saturated heterocycles. The Labute approximate surface area is 106 Å². The molecule has 0 aliphatic heterocycles. The number of fused-ring (bicyclic) bond motifs is 1. The zero-order valence-corrected chi connectivity index (χ0v) is 10.4. The number of hydrogen-bond acceptors (Lipinski definition) is 3. The summed E-state index contributed by atoms with van der Waals surface area (Å²) in [7, 11) is 0. The smallest absolute Gasteiger partial charge is 0.243 e. The van der Waals surface area contributed by atoms with Gasteiger partial charge in [-0.2, -0.15) is 4.98 Å². The molecule has 2 aromatic heterocycles. The van der Waals surface area contributed by atoms with E-state index in [0.717, 1.165) is 35.9 Å². The fourth-order valence-electron chi connectivity index (χ4n) is 2.88. The average Bonchev–Trinajstić information content (AvgIpc) is 3.28. The first kappa shape index (κ1) is 10.4. The topological polar surface area (TPSA) is 42.2 Å². The van der Waals surface area contributed by atoms with Crippen molar-refractivity contribution in [1.82, 2.24) is 14.6 Å². The molecule has 2 saturated carbocycles. The van der Waals surface area contributed by atoms with Crippen LogP contribution in [0.15, 0.2) is 24.4 Å². The van der Waals surface area contributed by atoms with E-state index in [1.807, 2.05) is 28.9 Å². The molecule has 0 bridgehead atoms. The molecule has 1 N–H and O–H groups in total. The van der Waals surface area contributed by atoms with Crippen molar-refractivity contribution in [3.05, 3.63) is 24.4 Å². The molecule has 2 fully saturated rings. The summed E-state index contributed by atoms with van der Waals surface area (Å²) < 4.78 is 1.82. The summed E-state index contributed by atoms with van der Waals surface area (Å²) in [5.41, 5.74) is 0.911. The number of anilines is 1. The van der Waals surface area contributed by atoms with E-state index in [-0.39, 0.29) is 0 Å². The van der Waals surface area contributed by atoms with E-state index in [4.69, 9.17) is 0 Å². The van der Waals surface area contributed by atoms with Crippen molar-refractivity contribution >= 4 is 11.6 Å². The van der Waals surface area contributed by atoms with Crippen LogP contribution in [0.2, 0.25) is 0 Å². The molecule has 2 aromatic rings. The molecule has 2 heterocycles. The van der Waals surface area contributed by atoms with Gasteiger partial charge in [-0.3, -0.25) is 0 Å². The van der Waals surface area contributed by atoms with Crippen LogP contribution in [0.25, 0.3) is 5.65 Å². The maximum absolute atomic E-state index is 4.48. The van der Waals surface area contributed by atoms with Crippen LogP contribution in [0, 0.1) is 17.8 Å². The molecule has 0 aromatic carbocycles. The zero-order valence-electron chi connectivity index (χ0n) is 10.4. The monoisotopic (exact) mass is 242 g/mol. The summed E-state index contributed by atoms with van der Waals surface area (Å²) in [6, 6.07) is 5.95. The predicted molar refractivity (Wildman–Crippen MR) is 70.4 cm³/mol. The lowest BCUT2D eigenvalue weighted by Gasteiger charge is -2.14. The third-order valence-electron chi connectivity index (χ3n) is 4.19. The Morgan fingerprint density at radius 3 is 2.67 bits per heavy atom. The average molecular weight is 242 g/mol. The molecule has 4 nitrogen and oxygen atoms in total. The molecule has 4 heteroatoms. The fourth-order valence-corrected chi connectivity index (χ4v) is 2.88. The van der Waals surface area contributed by atoms with Crippen molar-refractivity contribution in [2.24, 2.45) is 17.8 Å². The minimum Gasteiger partial charge on any atom is -0.353 e. The van der Waals surface area contributed by atoms with Gasteiger partial charge in [-0.25, -0.2) is 4.52 Å². The summed E-state index contributed by atoms with van der Waals surface area (Å²) in [4.78, 5) is 4.48. The number of nitrogens with zero attached hydrogens (tertiary/aromatic N) is 3. The Balaban J connectivity index is 1.46. The molecule has 2 aliphatic carbocycles. The minimum absolute atomic E-state index is 0.771. The first-order chi connectivity index (χ1) is 8.90. The minimum atomic E-state index is 0.771. The third-order valence-corrected chi connectivity index (χ3v) is 4.19. The summed E-state index contributed by atoms with van der Waals surface area (Å²) in [6.45, 7) is 1.05. The van der Waals surface area contributed by atoms with Gasteiger partial charge < -0.3 is 5.32 Å². The van der Waals surface area contributed by atoms with Crippen molar-refractivity contribution in [1.29, 1.82) is 0 Å². The maximum Gasteiger partial charge on any atom is 0.243 e. The number of aromatic nitrogens is 3. The number of rotatable bonds is 5. The van der Waals surface area contributed by atoms with Crippen molar-refractivity contribution in [2.45, 2.75) is 25.7 Å². The van der Waals surface area contributed by atoms with Gasteiger partial charge in [0.05, 0.1) is 0 Å². The van der Waals surface area contributed by atoms with Crippen LogP contribution in [0.1, 0.15) is 25.7 Å². The molecule has 0 atom stereocenters. The van der Waals surface area contributed by atoms with Crippen LogP contribution < -0.4 is 5.32 Å². The van der Waals surface area contributed by atoms with Gasteiger partial charge in [-0.05, 0) is 55.6 Å². The fraction of sp³-hybridized carbons (Fsp3) is 0.571. The van der Waals surface area contributed by atoms with Gasteiger partial charge in [0.2, 0.25) is 5.95 Å². The summed E-state index contributed by atoms with van der Waals surface area (Å²) >= 11 is 0. The quantitative estimate of drug-likeness (QED) is 0.876. The normalized spacial score (nSPS) is 19.6. The van der Waals surface area contributed by atoms with Crippen molar-refractivity contribution in [3.8, 4) is 0 Å². The first-order valence-electron chi connectivity index (χ1n) is 6.95. The maximum atomic E-state index is 4.48. The number of nitrogens with one attached hydrogen (secondary N) is 1. The van der Waals surface area contributed by atoms with Crippen LogP contribution >= 0.6 is 0 Å². The Morgan fingerprint density at radius 2 is 2.00 bits per heavy atom. The highest BCUT2D eigenvalue weighted by Gasteiger charge is 2.41. The van der Waals surface area contributed by atoms with Crippen molar-refractivity contribution in [3.63, 3.8) is 0 Å². The molecular weight excluding hydrogens is 224 g/mol. The summed E-state index contributed by atoms with van der Waals surface area (Å²) in [6.07, 6.45) is 7.67. The summed E-state index contributed by atoms with van der Waals surface area (Å²) in [5.74, 6) is 3.58. The Bertz CT molecular complexity index is 509. The van der Waals surface area contributed by atoms with Gasteiger partial charge in [-0.15, -0.1) is 5.10 Å². The summed E-state index contributed by atoms with van der Waals surface area (Å²) in [5, 5.41) is 7.87. The van der Waals surface area contributed by atoms with Crippen molar-refractivity contribution in [2.75, 3.05) is 11.9 Å². The molecule has 94 valence electrons. The second-order valence-electron chi connectivity index (χ2n) is 5.66. The van der Waals surface area contributed by atoms with E-state index in [2.05, 4.69) is 15.4 Å². The predicted octanol–water partition coefficient (Wildman–Crippen LogP) is 2.58. The molecule has 0 radical (unpaired) electrons. The molecule has 0 spiro atoms. The van der Waals surface area contributed by atoms with Gasteiger partial charge in [0, 0.05) is 12.7 Å². The van der Waals surface area contributed by atoms with Gasteiger partial charge in [0.1, 0.15) is 0 Å². The van der Waals surface area contributed by atoms with Gasteiger partial charge >= 0.3 is 0 Å². The van der Waals surface area contributed by atoms with Gasteiger partial charge in [0.25, 0.3) is 0 Å². The third kappa shape index (κ3) is 1.96. The second-order valence-corrected chi connectivity index (χ2v) is 5.66. The van der Waals surface area contributed by atoms with E-state index < -0.39 is 0 Å². The Morgan fingerprint density at radius 1 is 1.22 bits per heavy atom. The SMILES string of the molecule is c1ccn2nc(NCC(C3CC3)C3CC3)nc2c1. The van der Waals surface area contributed by atoms with E-state index >= 15 is 0 Å². The van der Waals surface area contributed by atoms with Crippen LogP contribution in [-0.2, 0) is 0 Å². The second kappa shape index (κ2) is 3.97. The lowest BCUT2D eigenvalue weighted by molar-refractivity contribution is 0.427. The first-order valence-corrected chi connectivity index (χ1v) is 6.95. The molecule has 4 rings (SSSR count). The van der Waals surface area contributed by atoms with Crippen LogP contribution in [0.3, 0.4) is 0 Å². The van der Waals surface area contributed by atoms with Crippen LogP contribution in [0.5, 0.6) is 0 Å². The molecule has 0 amide bonds. The van der Waals surface area contributed by atoms with Crippen LogP contribution in [0.4, 0.5) is 5.95 Å². The number of pyridine rings is 1. The lowest BCUT2D eigenvalue weighted by atomic mass is 9.98. The molecule has 18 heavy (non-hydrogen) atoms. The van der Waals surface area contributed by atoms with Gasteiger partial charge in [0.15, 0.2) is 5.65 Å². The Hall–Kier alpha value is -1.58. The van der Waals surface area contributed by atoms with Crippen LogP contribution in [-0.4, -0.2) is 21.1 Å². The zero-order chi connectivity index (χ0) is 11.9. The van der Waals surface area contributed by atoms with E-state index in [1.165, 1.54) is 25.7 Å². The van der Waals surface area contributed by atoms with E-state index in [0.29, 0.717) is 0 Å². The van der Waals surface area contributed by atoms with E-state index in [1.54, 1.807) is 0 Å². The number of hydrogen-bond donors (Lipinski definition) is 1. The highest BCUT2D eigenvalue weighted by atomic mass is 15.3. The molecular formula is C14H18N4. The van der Waals surface area contributed by atoms with E-state index in [9.17, 15) is 0 Å². The molecule has 2 aliphatic rings. The van der Waals surface area contributed by atoms with Gasteiger partial charge in [-0.1, -0.05) is 6.07 Å². The lowest BCUT2D eigenvalue weighted by Crippen LogP contribution is -2.18. The molecule has 0 unspecified atom stereocenters. The Kier molecular flexibility index (Phi) is 2.28. The standard InChI is InChI=1S/C14H18N4/c1-2-8-18-13(3-1)16-14(17-18)15-9-12(10-4-5-10)11-6-7-11/h1-3,8,10-12H,4-7,9H2,(H,15,17). The highest BCUT2D eigenvalue weighted by Crippen LogP contribution is 2.49. The van der Waals surface area contributed by atoms with Crippen molar-refractivity contribution < 1.29 is 0 Å².